The summed E-state index contributed by atoms with van der Waals surface area (Å²) < 4.78 is 37.3. The van der Waals surface area contributed by atoms with Crippen LogP contribution in [0.15, 0.2) is 0 Å². The van der Waals surface area contributed by atoms with E-state index in [4.69, 9.17) is 28.4 Å². The average molecular weight is 771 g/mol. The van der Waals surface area contributed by atoms with Gasteiger partial charge in [0.25, 0.3) is 0 Å². The summed E-state index contributed by atoms with van der Waals surface area (Å²) in [6, 6.07) is 0. The summed E-state index contributed by atoms with van der Waals surface area (Å²) >= 11 is 0. The van der Waals surface area contributed by atoms with E-state index in [9.17, 15) is 40.9 Å². The first-order valence-corrected chi connectivity index (χ1v) is 20.7. The van der Waals surface area contributed by atoms with Gasteiger partial charge in [0, 0.05) is 30.3 Å². The summed E-state index contributed by atoms with van der Waals surface area (Å²) in [7, 11) is 1.72. The predicted octanol–water partition coefficient (Wildman–Crippen LogP) is 0.659. The highest BCUT2D eigenvalue weighted by atomic mass is 16.7. The van der Waals surface area contributed by atoms with E-state index < -0.39 is 79.9 Å². The molecule has 0 aromatic heterocycles. The van der Waals surface area contributed by atoms with Crippen molar-refractivity contribution >= 4 is 0 Å². The van der Waals surface area contributed by atoms with Crippen molar-refractivity contribution in [3.8, 4) is 0 Å². The number of hydrogen-bond donors (Lipinski definition) is 8. The maximum Gasteiger partial charge on any atom is 0.186 e. The lowest BCUT2D eigenvalue weighted by atomic mass is 9.44. The Bertz CT molecular complexity index is 1370. The van der Waals surface area contributed by atoms with E-state index in [0.717, 1.165) is 38.5 Å². The Balaban J connectivity index is 0.941. The third-order valence-corrected chi connectivity index (χ3v) is 17.1. The van der Waals surface area contributed by atoms with Crippen LogP contribution in [0.5, 0.6) is 0 Å². The summed E-state index contributed by atoms with van der Waals surface area (Å²) in [6.07, 6.45) is -6.07. The second kappa shape index (κ2) is 14.0. The molecule has 3 aliphatic heterocycles. The van der Waals surface area contributed by atoms with Crippen molar-refractivity contribution in [2.45, 2.75) is 171 Å². The van der Waals surface area contributed by atoms with Crippen molar-refractivity contribution in [1.29, 1.82) is 0 Å². The monoisotopic (exact) mass is 770 g/mol. The lowest BCUT2D eigenvalue weighted by Crippen LogP contribution is -2.62. The summed E-state index contributed by atoms with van der Waals surface area (Å²) in [6.45, 7) is 10.4. The molecule has 8 aliphatic rings. The standard InChI is InChI=1S/C40H66O14/c1-17(16-50-35-33(47)32(46)30(44)25(15-41)52-35)7-10-40(49-6)18(2)28-24(54-40)13-23-21-12-26(42)39-14-20(39)11-27(38(39,5)22(21)8-9-37(23,28)4)53-36-34(48)31(45)29(43)19(3)51-36/h17-36,41-48H,7-16H2,1-6H3/t17-,18-,19-,20-,21-,22+,23-,24-,25-,26-,27-,28-,29-,30-,31+,32+,33-,34-,35-,36+,37+,38+,39+,40+/m0/s1. The first kappa shape index (κ1) is 40.2. The predicted molar refractivity (Wildman–Crippen MR) is 189 cm³/mol. The topological polar surface area (TPSA) is 217 Å². The van der Waals surface area contributed by atoms with Gasteiger partial charge < -0.3 is 69.3 Å². The molecule has 0 aromatic carbocycles. The molecule has 5 saturated carbocycles. The van der Waals surface area contributed by atoms with Crippen molar-refractivity contribution in [3.63, 3.8) is 0 Å². The maximum absolute atomic E-state index is 12.0. The van der Waals surface area contributed by atoms with Crippen molar-refractivity contribution in [2.24, 2.45) is 57.7 Å². The van der Waals surface area contributed by atoms with Gasteiger partial charge in [0.2, 0.25) is 0 Å². The van der Waals surface area contributed by atoms with Crippen molar-refractivity contribution in [1.82, 2.24) is 0 Å². The number of aliphatic hydroxyl groups excluding tert-OH is 8. The smallest absolute Gasteiger partial charge is 0.186 e. The summed E-state index contributed by atoms with van der Waals surface area (Å²) in [4.78, 5) is 0. The molecule has 14 heteroatoms. The largest absolute Gasteiger partial charge is 0.394 e. The van der Waals surface area contributed by atoms with Crippen molar-refractivity contribution < 1.29 is 69.3 Å². The highest BCUT2D eigenvalue weighted by Gasteiger charge is 2.81. The minimum absolute atomic E-state index is 0.0136. The molecule has 8 fully saturated rings. The highest BCUT2D eigenvalue weighted by Crippen LogP contribution is 2.82. The second-order valence-electron chi connectivity index (χ2n) is 19.3. The molecule has 3 saturated heterocycles. The number of aliphatic hydroxyl groups is 8. The normalized spacial score (nSPS) is 59.6. The van der Waals surface area contributed by atoms with Crippen LogP contribution in [0.4, 0.5) is 0 Å². The van der Waals surface area contributed by atoms with Gasteiger partial charge in [-0.1, -0.05) is 27.7 Å². The van der Waals surface area contributed by atoms with Crippen LogP contribution in [0.1, 0.15) is 86.0 Å². The third-order valence-electron chi connectivity index (χ3n) is 17.1. The van der Waals surface area contributed by atoms with E-state index in [-0.39, 0.29) is 58.7 Å². The van der Waals surface area contributed by atoms with Crippen LogP contribution in [0.2, 0.25) is 0 Å². The van der Waals surface area contributed by atoms with Crippen LogP contribution in [-0.2, 0) is 28.4 Å². The van der Waals surface area contributed by atoms with Gasteiger partial charge in [0.05, 0.1) is 37.6 Å². The highest BCUT2D eigenvalue weighted by molar-refractivity contribution is 5.29. The number of rotatable bonds is 10. The lowest BCUT2D eigenvalue weighted by Gasteiger charge is -2.62. The zero-order valence-electron chi connectivity index (χ0n) is 32.6. The van der Waals surface area contributed by atoms with Gasteiger partial charge in [-0.2, -0.15) is 0 Å². The van der Waals surface area contributed by atoms with Crippen LogP contribution in [-0.4, -0.2) is 147 Å². The van der Waals surface area contributed by atoms with Crippen molar-refractivity contribution in [3.05, 3.63) is 0 Å². The Labute approximate surface area is 318 Å². The van der Waals surface area contributed by atoms with Gasteiger partial charge in [0.1, 0.15) is 42.7 Å². The summed E-state index contributed by atoms with van der Waals surface area (Å²) in [5.41, 5.74) is -0.564. The fourth-order valence-corrected chi connectivity index (χ4v) is 14.1. The van der Waals surface area contributed by atoms with Crippen LogP contribution in [0.25, 0.3) is 0 Å². The van der Waals surface area contributed by atoms with Gasteiger partial charge in [-0.15, -0.1) is 0 Å². The molecule has 3 heterocycles. The first-order chi connectivity index (χ1) is 25.5. The Morgan fingerprint density at radius 2 is 1.54 bits per heavy atom. The zero-order chi connectivity index (χ0) is 38.9. The first-order valence-electron chi connectivity index (χ1n) is 20.7. The SMILES string of the molecule is CO[C@]1(CC[C@H](C)CO[C@H]2O[C@@H](CO)[C@H](O)[C@@H](O)[C@@H]2O)O[C@H]2C[C@H]3[C@H]4C[C@H](O)[C@@]56C[C@@H]5C[C@H](O[C@H]5O[C@@H](C)[C@H](O)[C@@H](O)[C@@H]5O)[C@@]6(C)[C@@H]4CC[C@@]3(C)[C@H]2[C@@H]1C. The van der Waals surface area contributed by atoms with E-state index in [1.807, 2.05) is 6.92 Å². The van der Waals surface area contributed by atoms with E-state index in [0.29, 0.717) is 30.6 Å². The molecular weight excluding hydrogens is 704 g/mol. The van der Waals surface area contributed by atoms with Gasteiger partial charge in [-0.05, 0) is 92.8 Å². The fourth-order valence-electron chi connectivity index (χ4n) is 14.1. The van der Waals surface area contributed by atoms with Gasteiger partial charge in [0.15, 0.2) is 18.4 Å². The van der Waals surface area contributed by atoms with Crippen molar-refractivity contribution in [2.75, 3.05) is 20.3 Å². The minimum atomic E-state index is -1.49. The zero-order valence-corrected chi connectivity index (χ0v) is 32.6. The van der Waals surface area contributed by atoms with Crippen LogP contribution < -0.4 is 0 Å². The summed E-state index contributed by atoms with van der Waals surface area (Å²) in [5.74, 6) is 0.931. The number of methoxy groups -OCH3 is 1. The molecule has 0 aromatic rings. The average Bonchev–Trinajstić information content (AvgIpc) is 3.59. The molecule has 0 bridgehead atoms. The Hall–Kier alpha value is -0.560. The molecule has 8 rings (SSSR count). The number of fused-ring (bicyclic) bond motifs is 6. The number of ether oxygens (including phenoxy) is 6. The minimum Gasteiger partial charge on any atom is -0.394 e. The second-order valence-corrected chi connectivity index (χ2v) is 19.3. The van der Waals surface area contributed by atoms with Gasteiger partial charge in [-0.3, -0.25) is 0 Å². The molecule has 14 nitrogen and oxygen atoms in total. The van der Waals surface area contributed by atoms with E-state index in [1.54, 1.807) is 14.0 Å². The molecule has 5 aliphatic carbocycles. The molecule has 0 amide bonds. The van der Waals surface area contributed by atoms with E-state index in [2.05, 4.69) is 20.8 Å². The van der Waals surface area contributed by atoms with E-state index in [1.165, 1.54) is 0 Å². The molecule has 8 N–H and O–H groups in total. The molecule has 0 unspecified atom stereocenters. The molecule has 1 spiro atoms. The third kappa shape index (κ3) is 5.63. The molecular formula is C40H66O14. The quantitative estimate of drug-likeness (QED) is 0.153. The molecule has 54 heavy (non-hydrogen) atoms. The lowest BCUT2D eigenvalue weighted by molar-refractivity contribution is -0.321. The van der Waals surface area contributed by atoms with Crippen LogP contribution in [0, 0.1) is 57.7 Å². The van der Waals surface area contributed by atoms with Crippen LogP contribution in [0.3, 0.4) is 0 Å². The van der Waals surface area contributed by atoms with Crippen LogP contribution >= 0.6 is 0 Å². The Morgan fingerprint density at radius 1 is 0.833 bits per heavy atom. The maximum atomic E-state index is 12.0. The van der Waals surface area contributed by atoms with E-state index >= 15 is 0 Å². The molecule has 310 valence electrons. The Morgan fingerprint density at radius 3 is 2.24 bits per heavy atom. The summed E-state index contributed by atoms with van der Waals surface area (Å²) in [5, 5.41) is 83.9. The fraction of sp³-hybridized carbons (Fsp3) is 1.00. The Kier molecular flexibility index (Phi) is 10.5. The number of hydrogen-bond acceptors (Lipinski definition) is 14. The van der Waals surface area contributed by atoms with Gasteiger partial charge in [-0.25, -0.2) is 0 Å². The molecule has 0 radical (unpaired) electrons. The molecule has 24 atom stereocenters. The van der Waals surface area contributed by atoms with Gasteiger partial charge >= 0.3 is 0 Å².